The van der Waals surface area contributed by atoms with Crippen molar-refractivity contribution in [3.05, 3.63) is 24.2 Å². The van der Waals surface area contributed by atoms with E-state index >= 15 is 0 Å². The highest BCUT2D eigenvalue weighted by molar-refractivity contribution is 8.00. The molecule has 0 aliphatic carbocycles. The molecule has 4 nitrogen and oxygen atoms in total. The maximum absolute atomic E-state index is 5.35. The molecular formula is C15H25N3OS. The summed E-state index contributed by atoms with van der Waals surface area (Å²) < 4.78 is 5.65. The lowest BCUT2D eigenvalue weighted by molar-refractivity contribution is 0.375. The topological polar surface area (TPSA) is 40.8 Å². The minimum atomic E-state index is 0.301. The zero-order valence-corrected chi connectivity index (χ0v) is 13.5. The van der Waals surface area contributed by atoms with E-state index in [1.807, 2.05) is 23.9 Å². The molecular weight excluding hydrogens is 270 g/mol. The van der Waals surface area contributed by atoms with Gasteiger partial charge in [-0.25, -0.2) is 0 Å². The van der Waals surface area contributed by atoms with Gasteiger partial charge in [0.05, 0.1) is 6.26 Å². The average Bonchev–Trinajstić information content (AvgIpc) is 2.90. The Kier molecular flexibility index (Phi) is 5.40. The Labute approximate surface area is 126 Å². The van der Waals surface area contributed by atoms with Crippen LogP contribution in [0.15, 0.2) is 27.8 Å². The monoisotopic (exact) mass is 295 g/mol. The van der Waals surface area contributed by atoms with Crippen molar-refractivity contribution in [3.63, 3.8) is 0 Å². The Morgan fingerprint density at radius 3 is 3.05 bits per heavy atom. The Balaban J connectivity index is 1.94. The quantitative estimate of drug-likeness (QED) is 0.685. The molecule has 0 unspecified atom stereocenters. The molecule has 1 saturated heterocycles. The lowest BCUT2D eigenvalue weighted by atomic mass is 10.2. The molecule has 1 N–H and O–H groups in total. The van der Waals surface area contributed by atoms with Gasteiger partial charge >= 0.3 is 0 Å². The van der Waals surface area contributed by atoms with Crippen molar-refractivity contribution in [2.24, 2.45) is 4.99 Å². The van der Waals surface area contributed by atoms with E-state index in [4.69, 9.17) is 9.41 Å². The molecule has 0 aromatic carbocycles. The van der Waals surface area contributed by atoms with E-state index in [1.54, 1.807) is 6.26 Å². The van der Waals surface area contributed by atoms with E-state index in [2.05, 4.69) is 31.0 Å². The van der Waals surface area contributed by atoms with E-state index in [1.165, 1.54) is 0 Å². The van der Waals surface area contributed by atoms with E-state index in [0.717, 1.165) is 50.1 Å². The van der Waals surface area contributed by atoms with Crippen LogP contribution >= 0.6 is 11.8 Å². The van der Waals surface area contributed by atoms with Gasteiger partial charge in [-0.3, -0.25) is 4.99 Å². The summed E-state index contributed by atoms with van der Waals surface area (Å²) in [5.74, 6) is 3.20. The summed E-state index contributed by atoms with van der Waals surface area (Å²) in [6.45, 7) is 10.5. The van der Waals surface area contributed by atoms with Gasteiger partial charge in [0.25, 0.3) is 0 Å². The molecule has 0 saturated carbocycles. The van der Waals surface area contributed by atoms with Gasteiger partial charge in [-0.15, -0.1) is 0 Å². The highest BCUT2D eigenvalue weighted by atomic mass is 32.2. The summed E-state index contributed by atoms with van der Waals surface area (Å²) in [6.07, 6.45) is 2.57. The molecule has 5 heteroatoms. The second-order valence-corrected chi connectivity index (χ2v) is 7.40. The summed E-state index contributed by atoms with van der Waals surface area (Å²) in [5, 5.41) is 3.41. The van der Waals surface area contributed by atoms with Crippen molar-refractivity contribution >= 4 is 17.7 Å². The van der Waals surface area contributed by atoms with Crippen molar-refractivity contribution in [2.45, 2.75) is 31.9 Å². The number of aliphatic imine (C=N–C) groups is 1. The maximum atomic E-state index is 5.35. The van der Waals surface area contributed by atoms with Gasteiger partial charge in [0.2, 0.25) is 0 Å². The average molecular weight is 295 g/mol. The highest BCUT2D eigenvalue weighted by Gasteiger charge is 2.28. The van der Waals surface area contributed by atoms with E-state index < -0.39 is 0 Å². The zero-order chi connectivity index (χ0) is 14.4. The second kappa shape index (κ2) is 7.07. The molecule has 1 aromatic rings. The van der Waals surface area contributed by atoms with Gasteiger partial charge in [-0.1, -0.05) is 0 Å². The van der Waals surface area contributed by atoms with E-state index in [-0.39, 0.29) is 0 Å². The maximum Gasteiger partial charge on any atom is 0.194 e. The third-order valence-electron chi connectivity index (χ3n) is 3.26. The van der Waals surface area contributed by atoms with Crippen molar-refractivity contribution in [3.8, 4) is 0 Å². The van der Waals surface area contributed by atoms with Gasteiger partial charge in [0, 0.05) is 43.1 Å². The lowest BCUT2D eigenvalue weighted by Gasteiger charge is -2.39. The van der Waals surface area contributed by atoms with Crippen molar-refractivity contribution < 1.29 is 4.42 Å². The second-order valence-electron chi connectivity index (χ2n) is 5.59. The van der Waals surface area contributed by atoms with Gasteiger partial charge in [0.1, 0.15) is 5.76 Å². The number of nitrogens with one attached hydrogen (secondary N) is 1. The lowest BCUT2D eigenvalue weighted by Crippen LogP contribution is -2.51. The number of hydrogen-bond acceptors (Lipinski definition) is 3. The van der Waals surface area contributed by atoms with Crippen LogP contribution in [0.4, 0.5) is 0 Å². The fourth-order valence-corrected chi connectivity index (χ4v) is 3.46. The summed E-state index contributed by atoms with van der Waals surface area (Å²) in [6, 6.07) is 3.93. The largest absolute Gasteiger partial charge is 0.469 e. The highest BCUT2D eigenvalue weighted by Crippen LogP contribution is 2.29. The Hall–Kier alpha value is -1.10. The van der Waals surface area contributed by atoms with Crippen molar-refractivity contribution in [1.29, 1.82) is 0 Å². The van der Waals surface area contributed by atoms with E-state index in [9.17, 15) is 0 Å². The van der Waals surface area contributed by atoms with Crippen LogP contribution in [0, 0.1) is 0 Å². The third kappa shape index (κ3) is 4.47. The van der Waals surface area contributed by atoms with Crippen LogP contribution in [0.25, 0.3) is 0 Å². The zero-order valence-electron chi connectivity index (χ0n) is 12.7. The first-order valence-electron chi connectivity index (χ1n) is 7.30. The molecule has 20 heavy (non-hydrogen) atoms. The summed E-state index contributed by atoms with van der Waals surface area (Å²) in [7, 11) is 0. The van der Waals surface area contributed by atoms with Crippen LogP contribution in [0.3, 0.4) is 0 Å². The molecule has 0 bridgehead atoms. The normalized spacial score (nSPS) is 19.1. The number of thioether (sulfide) groups is 1. The van der Waals surface area contributed by atoms with Gasteiger partial charge in [-0.05, 0) is 32.9 Å². The number of furan rings is 1. The predicted molar refractivity (Wildman–Crippen MR) is 86.5 cm³/mol. The van der Waals surface area contributed by atoms with Crippen LogP contribution in [-0.2, 0) is 6.42 Å². The Morgan fingerprint density at radius 1 is 1.55 bits per heavy atom. The molecule has 1 aliphatic rings. The first-order chi connectivity index (χ1) is 9.61. The number of hydrogen-bond donors (Lipinski definition) is 1. The summed E-state index contributed by atoms with van der Waals surface area (Å²) in [5.41, 5.74) is 0. The predicted octanol–water partition coefficient (Wildman–Crippen LogP) is 2.62. The van der Waals surface area contributed by atoms with Crippen molar-refractivity contribution in [1.82, 2.24) is 10.2 Å². The van der Waals surface area contributed by atoms with Crippen LogP contribution < -0.4 is 5.32 Å². The van der Waals surface area contributed by atoms with Crippen LogP contribution in [0.2, 0.25) is 0 Å². The fourth-order valence-electron chi connectivity index (χ4n) is 2.35. The third-order valence-corrected chi connectivity index (χ3v) is 4.56. The molecule has 0 amide bonds. The molecule has 0 spiro atoms. The molecule has 0 radical (unpaired) electrons. The minimum Gasteiger partial charge on any atom is -0.469 e. The van der Waals surface area contributed by atoms with Crippen LogP contribution in [0.5, 0.6) is 0 Å². The van der Waals surface area contributed by atoms with Crippen molar-refractivity contribution in [2.75, 3.05) is 31.9 Å². The minimum absolute atomic E-state index is 0.301. The smallest absolute Gasteiger partial charge is 0.194 e. The number of rotatable bonds is 4. The van der Waals surface area contributed by atoms with Gasteiger partial charge < -0.3 is 14.6 Å². The molecule has 1 fully saturated rings. The molecule has 1 aliphatic heterocycles. The molecule has 2 rings (SSSR count). The van der Waals surface area contributed by atoms with E-state index in [0.29, 0.717) is 4.75 Å². The molecule has 2 heterocycles. The fraction of sp³-hybridized carbons (Fsp3) is 0.667. The Bertz CT molecular complexity index is 428. The van der Waals surface area contributed by atoms with Gasteiger partial charge in [0.15, 0.2) is 5.96 Å². The molecule has 1 aromatic heterocycles. The standard InChI is InChI=1S/C15H25N3OS/c1-4-16-14(17-8-7-13-6-5-10-19-13)18-9-11-20-15(2,3)12-18/h5-6,10H,4,7-9,11-12H2,1-3H3,(H,16,17). The molecule has 112 valence electrons. The first kappa shape index (κ1) is 15.3. The molecule has 0 atom stereocenters. The van der Waals surface area contributed by atoms with Crippen LogP contribution in [-0.4, -0.2) is 47.5 Å². The SMILES string of the molecule is CCNC(=NCCc1ccco1)N1CCSC(C)(C)C1. The Morgan fingerprint density at radius 2 is 2.40 bits per heavy atom. The number of guanidine groups is 1. The summed E-state index contributed by atoms with van der Waals surface area (Å²) in [4.78, 5) is 7.12. The number of nitrogens with zero attached hydrogens (tertiary/aromatic N) is 2. The first-order valence-corrected chi connectivity index (χ1v) is 8.29. The van der Waals surface area contributed by atoms with Crippen LogP contribution in [0.1, 0.15) is 26.5 Å². The van der Waals surface area contributed by atoms with Gasteiger partial charge in [-0.2, -0.15) is 11.8 Å². The summed E-state index contributed by atoms with van der Waals surface area (Å²) >= 11 is 2.04.